The molecule has 2 aliphatic rings. The van der Waals surface area contributed by atoms with Crippen molar-refractivity contribution in [1.82, 2.24) is 4.90 Å². The molecule has 1 saturated carbocycles. The molecule has 4 rings (SSSR count). The van der Waals surface area contributed by atoms with E-state index < -0.39 is 11.7 Å². The van der Waals surface area contributed by atoms with Gasteiger partial charge in [-0.15, -0.1) is 0 Å². The van der Waals surface area contributed by atoms with E-state index in [0.717, 1.165) is 44.2 Å². The minimum absolute atomic E-state index is 0.0114. The van der Waals surface area contributed by atoms with Gasteiger partial charge in [0.2, 0.25) is 5.91 Å². The minimum atomic E-state index is -4.36. The fraction of sp³-hybridized carbons (Fsp3) is 0.435. The van der Waals surface area contributed by atoms with Crippen LogP contribution in [0.2, 0.25) is 0 Å². The second-order valence-electron chi connectivity index (χ2n) is 8.16. The highest BCUT2D eigenvalue weighted by molar-refractivity contribution is 5.82. The van der Waals surface area contributed by atoms with Crippen molar-refractivity contribution in [3.05, 3.63) is 58.7 Å². The Morgan fingerprint density at radius 1 is 1.03 bits per heavy atom. The maximum Gasteiger partial charge on any atom is 0.416 e. The molecule has 1 amide bonds. The molecule has 0 N–H and O–H groups in total. The Morgan fingerprint density at radius 3 is 2.38 bits per heavy atom. The molecule has 1 fully saturated rings. The number of alkyl halides is 3. The Balaban J connectivity index is 1.61. The second kappa shape index (κ2) is 7.39. The number of aryl methyl sites for hydroxylation is 1. The molecular formula is C23H24F3NO2. The van der Waals surface area contributed by atoms with E-state index in [-0.39, 0.29) is 17.7 Å². The molecule has 0 spiro atoms. The summed E-state index contributed by atoms with van der Waals surface area (Å²) in [6.07, 6.45) is 0.694. The summed E-state index contributed by atoms with van der Waals surface area (Å²) in [4.78, 5) is 14.0. The zero-order valence-corrected chi connectivity index (χ0v) is 16.6. The van der Waals surface area contributed by atoms with Gasteiger partial charge >= 0.3 is 6.18 Å². The van der Waals surface area contributed by atoms with Crippen LogP contribution in [0.15, 0.2) is 36.4 Å². The van der Waals surface area contributed by atoms with Gasteiger partial charge in [0.25, 0.3) is 0 Å². The minimum Gasteiger partial charge on any atom is -0.457 e. The molecule has 0 aliphatic heterocycles. The first-order valence-corrected chi connectivity index (χ1v) is 9.96. The van der Waals surface area contributed by atoms with Crippen molar-refractivity contribution in [2.24, 2.45) is 5.92 Å². The summed E-state index contributed by atoms with van der Waals surface area (Å²) in [5, 5.41) is 0. The SMILES string of the molecule is CN(C)C(=O)[C@@H]1C[C@H]1c1cc(Oc2ccc(C(F)(F)F)cc2)cc2c1CCCC2. The predicted octanol–water partition coefficient (Wildman–Crippen LogP) is 5.57. The fourth-order valence-corrected chi connectivity index (χ4v) is 4.25. The summed E-state index contributed by atoms with van der Waals surface area (Å²) in [6, 6.07) is 8.73. The molecular weight excluding hydrogens is 379 g/mol. The van der Waals surface area contributed by atoms with Gasteiger partial charge in [-0.05, 0) is 91.1 Å². The van der Waals surface area contributed by atoms with Crippen LogP contribution in [0.4, 0.5) is 13.2 Å². The Labute approximate surface area is 168 Å². The lowest BCUT2D eigenvalue weighted by molar-refractivity contribution is -0.137. The summed E-state index contributed by atoms with van der Waals surface area (Å²) in [5.74, 6) is 1.36. The first kappa shape index (κ1) is 19.8. The van der Waals surface area contributed by atoms with Crippen LogP contribution in [0.25, 0.3) is 0 Å². The zero-order valence-electron chi connectivity index (χ0n) is 16.6. The highest BCUT2D eigenvalue weighted by Gasteiger charge is 2.46. The molecule has 3 nitrogen and oxygen atoms in total. The van der Waals surface area contributed by atoms with E-state index in [9.17, 15) is 18.0 Å². The third-order valence-corrected chi connectivity index (χ3v) is 5.84. The van der Waals surface area contributed by atoms with Gasteiger partial charge in [-0.2, -0.15) is 13.2 Å². The van der Waals surface area contributed by atoms with Gasteiger partial charge in [0.05, 0.1) is 5.56 Å². The molecule has 154 valence electrons. The summed E-state index contributed by atoms with van der Waals surface area (Å²) >= 11 is 0. The lowest BCUT2D eigenvalue weighted by Crippen LogP contribution is -2.24. The Bertz CT molecular complexity index is 919. The van der Waals surface area contributed by atoms with Gasteiger partial charge in [-0.3, -0.25) is 4.79 Å². The van der Waals surface area contributed by atoms with Crippen LogP contribution in [0.3, 0.4) is 0 Å². The van der Waals surface area contributed by atoms with E-state index in [1.54, 1.807) is 19.0 Å². The van der Waals surface area contributed by atoms with Gasteiger partial charge in [-0.25, -0.2) is 0 Å². The molecule has 0 unspecified atom stereocenters. The lowest BCUT2D eigenvalue weighted by atomic mass is 9.86. The van der Waals surface area contributed by atoms with Crippen molar-refractivity contribution in [1.29, 1.82) is 0 Å². The number of carbonyl (C=O) groups is 1. The molecule has 2 atom stereocenters. The number of benzene rings is 2. The summed E-state index contributed by atoms with van der Waals surface area (Å²) in [5.41, 5.74) is 3.04. The number of hydrogen-bond acceptors (Lipinski definition) is 2. The smallest absolute Gasteiger partial charge is 0.416 e. The second-order valence-corrected chi connectivity index (χ2v) is 8.16. The van der Waals surface area contributed by atoms with Crippen molar-refractivity contribution in [3.63, 3.8) is 0 Å². The van der Waals surface area contributed by atoms with Crippen LogP contribution < -0.4 is 4.74 Å². The molecule has 29 heavy (non-hydrogen) atoms. The van der Waals surface area contributed by atoms with E-state index in [0.29, 0.717) is 11.5 Å². The topological polar surface area (TPSA) is 29.5 Å². The Morgan fingerprint density at radius 2 is 1.72 bits per heavy atom. The number of ether oxygens (including phenoxy) is 1. The number of rotatable bonds is 4. The number of amides is 1. The summed E-state index contributed by atoms with van der Waals surface area (Å²) < 4.78 is 44.2. The van der Waals surface area contributed by atoms with Gasteiger partial charge in [0, 0.05) is 20.0 Å². The maximum atomic E-state index is 12.8. The monoisotopic (exact) mass is 403 g/mol. The average molecular weight is 403 g/mol. The first-order valence-electron chi connectivity index (χ1n) is 9.96. The third kappa shape index (κ3) is 4.11. The number of nitrogens with zero attached hydrogens (tertiary/aromatic N) is 1. The van der Waals surface area contributed by atoms with Gasteiger partial charge in [0.15, 0.2) is 0 Å². The molecule has 0 aromatic heterocycles. The van der Waals surface area contributed by atoms with Crippen molar-refractivity contribution >= 4 is 5.91 Å². The lowest BCUT2D eigenvalue weighted by Gasteiger charge is -2.22. The quantitative estimate of drug-likeness (QED) is 0.668. The van der Waals surface area contributed by atoms with Crippen molar-refractivity contribution < 1.29 is 22.7 Å². The van der Waals surface area contributed by atoms with Crippen LogP contribution in [-0.2, 0) is 23.8 Å². The van der Waals surface area contributed by atoms with Crippen molar-refractivity contribution in [2.45, 2.75) is 44.2 Å². The van der Waals surface area contributed by atoms with Gasteiger partial charge in [0.1, 0.15) is 11.5 Å². The van der Waals surface area contributed by atoms with E-state index in [4.69, 9.17) is 4.74 Å². The van der Waals surface area contributed by atoms with Crippen LogP contribution in [0.5, 0.6) is 11.5 Å². The largest absolute Gasteiger partial charge is 0.457 e. The van der Waals surface area contributed by atoms with Gasteiger partial charge in [-0.1, -0.05) is 0 Å². The Hall–Kier alpha value is -2.50. The third-order valence-electron chi connectivity index (χ3n) is 5.84. The molecule has 2 aliphatic carbocycles. The molecule has 2 aromatic rings. The maximum absolute atomic E-state index is 12.8. The van der Waals surface area contributed by atoms with Gasteiger partial charge < -0.3 is 9.64 Å². The first-order chi connectivity index (χ1) is 13.7. The summed E-state index contributed by atoms with van der Waals surface area (Å²) in [6.45, 7) is 0. The van der Waals surface area contributed by atoms with Crippen LogP contribution >= 0.6 is 0 Å². The van der Waals surface area contributed by atoms with E-state index in [1.165, 1.54) is 28.8 Å². The zero-order chi connectivity index (χ0) is 20.8. The van der Waals surface area contributed by atoms with Crippen molar-refractivity contribution in [3.8, 4) is 11.5 Å². The standard InChI is InChI=1S/C23H24F3NO2/c1-27(2)22(28)21-13-20(21)19-12-17(11-14-5-3-4-6-18(14)19)29-16-9-7-15(8-10-16)23(24,25)26/h7-12,20-21H,3-6,13H2,1-2H3/t20-,21+/m0/s1. The normalized spacial score (nSPS) is 20.7. The number of fused-ring (bicyclic) bond motifs is 1. The van der Waals surface area contributed by atoms with E-state index in [1.807, 2.05) is 12.1 Å². The molecule has 0 bridgehead atoms. The van der Waals surface area contributed by atoms with Crippen LogP contribution in [0.1, 0.15) is 47.4 Å². The average Bonchev–Trinajstić information content (AvgIpc) is 3.47. The highest BCUT2D eigenvalue weighted by Crippen LogP contribution is 2.51. The molecule has 0 radical (unpaired) electrons. The molecule has 6 heteroatoms. The molecule has 2 aromatic carbocycles. The van der Waals surface area contributed by atoms with Crippen LogP contribution in [-0.4, -0.2) is 24.9 Å². The number of halogens is 3. The number of carbonyl (C=O) groups excluding carboxylic acids is 1. The molecule has 0 saturated heterocycles. The number of hydrogen-bond donors (Lipinski definition) is 0. The molecule has 0 heterocycles. The van der Waals surface area contributed by atoms with E-state index in [2.05, 4.69) is 0 Å². The highest BCUT2D eigenvalue weighted by atomic mass is 19.4. The Kier molecular flexibility index (Phi) is 5.05. The van der Waals surface area contributed by atoms with Crippen LogP contribution in [0, 0.1) is 5.92 Å². The summed E-state index contributed by atoms with van der Waals surface area (Å²) in [7, 11) is 3.55. The fourth-order valence-electron chi connectivity index (χ4n) is 4.25. The predicted molar refractivity (Wildman–Crippen MR) is 104 cm³/mol. The van der Waals surface area contributed by atoms with E-state index >= 15 is 0 Å². The van der Waals surface area contributed by atoms with Crippen molar-refractivity contribution in [2.75, 3.05) is 14.1 Å².